The number of fused-ring (bicyclic) bond motifs is 1. The summed E-state index contributed by atoms with van der Waals surface area (Å²) in [5.41, 5.74) is 6.41. The van der Waals surface area contributed by atoms with Crippen molar-refractivity contribution in [2.75, 3.05) is 5.73 Å². The Morgan fingerprint density at radius 1 is 1.36 bits per heavy atom. The fourth-order valence-corrected chi connectivity index (χ4v) is 0.959. The SMILES string of the molecule is Nc1ncnc2ccc[c]c12. The standard InChI is InChI=1S/C8H6N3/c9-8-6-3-1-2-4-7(6)10-5-11-8/h1-2,4-5H,(H2,9,10,11). The van der Waals surface area contributed by atoms with Gasteiger partial charge in [-0.25, -0.2) is 9.97 Å². The van der Waals surface area contributed by atoms with Crippen LogP contribution in [-0.2, 0) is 0 Å². The molecular formula is C8H6N3. The molecule has 0 saturated heterocycles. The first-order valence-corrected chi connectivity index (χ1v) is 3.25. The second-order valence-electron chi connectivity index (χ2n) is 2.19. The van der Waals surface area contributed by atoms with E-state index in [0.29, 0.717) is 5.82 Å². The maximum atomic E-state index is 5.57. The van der Waals surface area contributed by atoms with E-state index in [9.17, 15) is 0 Å². The Bertz CT molecular complexity index is 378. The van der Waals surface area contributed by atoms with Gasteiger partial charge in [0.1, 0.15) is 12.1 Å². The second-order valence-corrected chi connectivity index (χ2v) is 2.19. The fraction of sp³-hybridized carbons (Fsp3) is 0. The molecule has 0 fully saturated rings. The van der Waals surface area contributed by atoms with Crippen LogP contribution in [0.2, 0.25) is 0 Å². The molecule has 0 amide bonds. The zero-order valence-corrected chi connectivity index (χ0v) is 5.78. The summed E-state index contributed by atoms with van der Waals surface area (Å²) < 4.78 is 0. The van der Waals surface area contributed by atoms with Gasteiger partial charge in [-0.05, 0) is 12.1 Å². The minimum Gasteiger partial charge on any atom is -0.383 e. The first-order chi connectivity index (χ1) is 5.38. The van der Waals surface area contributed by atoms with Crippen molar-refractivity contribution in [3.63, 3.8) is 0 Å². The summed E-state index contributed by atoms with van der Waals surface area (Å²) in [5.74, 6) is 0.482. The maximum Gasteiger partial charge on any atom is 0.135 e. The first-order valence-electron chi connectivity index (χ1n) is 3.25. The molecule has 1 heterocycles. The van der Waals surface area contributed by atoms with Gasteiger partial charge in [-0.3, -0.25) is 0 Å². The van der Waals surface area contributed by atoms with Crippen LogP contribution in [0, 0.1) is 6.07 Å². The predicted molar refractivity (Wildman–Crippen MR) is 42.8 cm³/mol. The molecule has 0 bridgehead atoms. The molecule has 11 heavy (non-hydrogen) atoms. The van der Waals surface area contributed by atoms with Crippen LogP contribution in [0.5, 0.6) is 0 Å². The molecule has 0 unspecified atom stereocenters. The number of hydrogen-bond donors (Lipinski definition) is 1. The van der Waals surface area contributed by atoms with Gasteiger partial charge in [0.25, 0.3) is 0 Å². The van der Waals surface area contributed by atoms with Gasteiger partial charge < -0.3 is 5.73 Å². The molecule has 0 saturated carbocycles. The highest BCUT2D eigenvalue weighted by Crippen LogP contribution is 2.13. The zero-order chi connectivity index (χ0) is 7.68. The van der Waals surface area contributed by atoms with Crippen LogP contribution >= 0.6 is 0 Å². The number of hydrogen-bond acceptors (Lipinski definition) is 3. The van der Waals surface area contributed by atoms with Crippen LogP contribution in [0.3, 0.4) is 0 Å². The monoisotopic (exact) mass is 144 g/mol. The third-order valence-electron chi connectivity index (χ3n) is 1.48. The normalized spacial score (nSPS) is 10.2. The van der Waals surface area contributed by atoms with Gasteiger partial charge in [0.05, 0.1) is 10.9 Å². The van der Waals surface area contributed by atoms with Crippen molar-refractivity contribution in [3.8, 4) is 0 Å². The number of nitrogens with two attached hydrogens (primary N) is 1. The van der Waals surface area contributed by atoms with Gasteiger partial charge >= 0.3 is 0 Å². The molecule has 2 aromatic rings. The number of nitrogen functional groups attached to an aromatic ring is 1. The largest absolute Gasteiger partial charge is 0.383 e. The average Bonchev–Trinajstić information content (AvgIpc) is 2.06. The number of rotatable bonds is 0. The van der Waals surface area contributed by atoms with Gasteiger partial charge in [-0.15, -0.1) is 0 Å². The van der Waals surface area contributed by atoms with Crippen LogP contribution in [0.15, 0.2) is 24.5 Å². The van der Waals surface area contributed by atoms with Crippen molar-refractivity contribution < 1.29 is 0 Å². The molecule has 0 aliphatic heterocycles. The quantitative estimate of drug-likeness (QED) is 0.600. The van der Waals surface area contributed by atoms with Gasteiger partial charge in [-0.2, -0.15) is 0 Å². The molecule has 0 atom stereocenters. The van der Waals surface area contributed by atoms with E-state index in [1.165, 1.54) is 6.33 Å². The lowest BCUT2D eigenvalue weighted by atomic mass is 10.2. The maximum absolute atomic E-state index is 5.57. The topological polar surface area (TPSA) is 51.8 Å². The molecule has 1 aromatic heterocycles. The lowest BCUT2D eigenvalue weighted by Gasteiger charge is -1.96. The molecule has 0 aliphatic carbocycles. The predicted octanol–water partition coefficient (Wildman–Crippen LogP) is 1.01. The highest BCUT2D eigenvalue weighted by atomic mass is 14.9. The number of benzene rings is 1. The molecule has 53 valence electrons. The molecule has 2 rings (SSSR count). The minimum absolute atomic E-state index is 0.482. The highest BCUT2D eigenvalue weighted by molar-refractivity contribution is 5.86. The van der Waals surface area contributed by atoms with Crippen molar-refractivity contribution in [1.82, 2.24) is 9.97 Å². The van der Waals surface area contributed by atoms with E-state index < -0.39 is 0 Å². The summed E-state index contributed by atoms with van der Waals surface area (Å²) in [6.45, 7) is 0. The average molecular weight is 144 g/mol. The Morgan fingerprint density at radius 3 is 3.09 bits per heavy atom. The lowest BCUT2D eigenvalue weighted by Crippen LogP contribution is -1.92. The van der Waals surface area contributed by atoms with E-state index in [1.807, 2.05) is 12.1 Å². The molecule has 0 spiro atoms. The van der Waals surface area contributed by atoms with Crippen molar-refractivity contribution in [2.45, 2.75) is 0 Å². The Hall–Kier alpha value is -1.64. The lowest BCUT2D eigenvalue weighted by molar-refractivity contribution is 1.23. The number of anilines is 1. The van der Waals surface area contributed by atoms with Crippen LogP contribution in [0.25, 0.3) is 10.9 Å². The van der Waals surface area contributed by atoms with E-state index in [0.717, 1.165) is 10.9 Å². The van der Waals surface area contributed by atoms with Gasteiger partial charge in [0.15, 0.2) is 0 Å². The second kappa shape index (κ2) is 2.20. The Labute approximate surface area is 63.9 Å². The van der Waals surface area contributed by atoms with Crippen LogP contribution in [0.1, 0.15) is 0 Å². The van der Waals surface area contributed by atoms with E-state index in [-0.39, 0.29) is 0 Å². The molecule has 2 N–H and O–H groups in total. The van der Waals surface area contributed by atoms with Crippen molar-refractivity contribution in [1.29, 1.82) is 0 Å². The molecular weight excluding hydrogens is 138 g/mol. The summed E-state index contributed by atoms with van der Waals surface area (Å²) in [5, 5.41) is 0.787. The van der Waals surface area contributed by atoms with Gasteiger partial charge in [0, 0.05) is 0 Å². The molecule has 1 radical (unpaired) electrons. The molecule has 3 nitrogen and oxygen atoms in total. The van der Waals surface area contributed by atoms with E-state index in [1.54, 1.807) is 6.07 Å². The molecule has 1 aromatic carbocycles. The summed E-state index contributed by atoms with van der Waals surface area (Å²) >= 11 is 0. The molecule has 3 heteroatoms. The summed E-state index contributed by atoms with van der Waals surface area (Å²) in [4.78, 5) is 7.86. The third-order valence-corrected chi connectivity index (χ3v) is 1.48. The highest BCUT2D eigenvalue weighted by Gasteiger charge is 1.96. The summed E-state index contributed by atoms with van der Waals surface area (Å²) in [6, 6.07) is 8.51. The van der Waals surface area contributed by atoms with E-state index >= 15 is 0 Å². The van der Waals surface area contributed by atoms with Gasteiger partial charge in [0.2, 0.25) is 0 Å². The third kappa shape index (κ3) is 0.902. The van der Waals surface area contributed by atoms with E-state index in [4.69, 9.17) is 5.73 Å². The van der Waals surface area contributed by atoms with Crippen molar-refractivity contribution in [2.24, 2.45) is 0 Å². The van der Waals surface area contributed by atoms with Crippen LogP contribution in [0.4, 0.5) is 5.82 Å². The summed E-state index contributed by atoms with van der Waals surface area (Å²) in [7, 11) is 0. The zero-order valence-electron chi connectivity index (χ0n) is 5.78. The Kier molecular flexibility index (Phi) is 1.22. The van der Waals surface area contributed by atoms with Crippen molar-refractivity contribution >= 4 is 16.7 Å². The number of nitrogens with zero attached hydrogens (tertiary/aromatic N) is 2. The smallest absolute Gasteiger partial charge is 0.135 e. The Balaban J connectivity index is 2.91. The van der Waals surface area contributed by atoms with Gasteiger partial charge in [-0.1, -0.05) is 12.1 Å². The number of aromatic nitrogens is 2. The van der Waals surface area contributed by atoms with Crippen LogP contribution < -0.4 is 5.73 Å². The van der Waals surface area contributed by atoms with E-state index in [2.05, 4.69) is 16.0 Å². The minimum atomic E-state index is 0.482. The van der Waals surface area contributed by atoms with Crippen LogP contribution in [-0.4, -0.2) is 9.97 Å². The first kappa shape index (κ1) is 6.09. The molecule has 0 aliphatic rings. The van der Waals surface area contributed by atoms with Crippen molar-refractivity contribution in [3.05, 3.63) is 30.6 Å². The fourth-order valence-electron chi connectivity index (χ4n) is 0.959. The Morgan fingerprint density at radius 2 is 2.27 bits per heavy atom. The summed E-state index contributed by atoms with van der Waals surface area (Å²) in [6.07, 6.45) is 1.45.